The summed E-state index contributed by atoms with van der Waals surface area (Å²) in [6.07, 6.45) is 0. The number of nitrogens with zero attached hydrogens (tertiary/aromatic N) is 1. The molecule has 30 heavy (non-hydrogen) atoms. The van der Waals surface area contributed by atoms with Crippen LogP contribution >= 0.6 is 11.6 Å². The van der Waals surface area contributed by atoms with Crippen LogP contribution in [0.1, 0.15) is 27.0 Å². The van der Waals surface area contributed by atoms with Crippen LogP contribution in [0.3, 0.4) is 0 Å². The first-order valence-electron chi connectivity index (χ1n) is 9.37. The molecule has 156 valence electrons. The van der Waals surface area contributed by atoms with Crippen LogP contribution in [0.2, 0.25) is 5.02 Å². The second-order valence-electron chi connectivity index (χ2n) is 7.14. The van der Waals surface area contributed by atoms with Gasteiger partial charge in [-0.15, -0.1) is 0 Å². The minimum atomic E-state index is -3.98. The standard InChI is InChI=1S/C23H23ClN2O3S/c1-16-8-7-11-21(17(16)2)25-30(28,29)22-14-19(12-13-20(22)24)23(27)26(3)15-18-9-5-4-6-10-18/h4-14,25H,15H2,1-3H3. The maximum atomic E-state index is 13.0. The van der Waals surface area contributed by atoms with Gasteiger partial charge in [-0.2, -0.15) is 0 Å². The van der Waals surface area contributed by atoms with E-state index < -0.39 is 10.0 Å². The fourth-order valence-corrected chi connectivity index (χ4v) is 4.70. The van der Waals surface area contributed by atoms with Crippen LogP contribution in [0, 0.1) is 13.8 Å². The third-order valence-electron chi connectivity index (χ3n) is 4.93. The lowest BCUT2D eigenvalue weighted by atomic mass is 10.1. The van der Waals surface area contributed by atoms with E-state index in [0.717, 1.165) is 16.7 Å². The average molecular weight is 443 g/mol. The van der Waals surface area contributed by atoms with Crippen LogP contribution in [0.4, 0.5) is 5.69 Å². The van der Waals surface area contributed by atoms with Crippen LogP contribution in [0.25, 0.3) is 0 Å². The summed E-state index contributed by atoms with van der Waals surface area (Å²) in [7, 11) is -2.30. The molecule has 0 aliphatic rings. The van der Waals surface area contributed by atoms with E-state index in [9.17, 15) is 13.2 Å². The van der Waals surface area contributed by atoms with Crippen molar-refractivity contribution in [2.75, 3.05) is 11.8 Å². The Kier molecular flexibility index (Phi) is 6.48. The summed E-state index contributed by atoms with van der Waals surface area (Å²) < 4.78 is 28.6. The lowest BCUT2D eigenvalue weighted by Gasteiger charge is -2.18. The molecule has 3 aromatic rings. The summed E-state index contributed by atoms with van der Waals surface area (Å²) in [6.45, 7) is 4.15. The van der Waals surface area contributed by atoms with Gasteiger partial charge in [0, 0.05) is 19.2 Å². The largest absolute Gasteiger partial charge is 0.337 e. The molecule has 0 fully saturated rings. The molecule has 1 amide bonds. The van der Waals surface area contributed by atoms with Crippen LogP contribution in [0.5, 0.6) is 0 Å². The third kappa shape index (κ3) is 4.83. The third-order valence-corrected chi connectivity index (χ3v) is 6.77. The first-order valence-corrected chi connectivity index (χ1v) is 11.2. The average Bonchev–Trinajstić information content (AvgIpc) is 2.71. The van der Waals surface area contributed by atoms with Crippen molar-refractivity contribution < 1.29 is 13.2 Å². The summed E-state index contributed by atoms with van der Waals surface area (Å²) in [5.74, 6) is -0.293. The molecule has 0 aromatic heterocycles. The van der Waals surface area contributed by atoms with E-state index in [1.165, 1.54) is 23.1 Å². The molecule has 0 saturated heterocycles. The van der Waals surface area contributed by atoms with E-state index in [4.69, 9.17) is 11.6 Å². The fourth-order valence-electron chi connectivity index (χ4n) is 3.05. The van der Waals surface area contributed by atoms with E-state index in [2.05, 4.69) is 4.72 Å². The van der Waals surface area contributed by atoms with Gasteiger partial charge in [0.05, 0.1) is 10.7 Å². The van der Waals surface area contributed by atoms with Crippen molar-refractivity contribution in [2.24, 2.45) is 0 Å². The lowest BCUT2D eigenvalue weighted by Crippen LogP contribution is -2.26. The Balaban J connectivity index is 1.88. The van der Waals surface area contributed by atoms with Gasteiger partial charge in [0.1, 0.15) is 4.90 Å². The molecule has 0 saturated carbocycles. The minimum Gasteiger partial charge on any atom is -0.337 e. The number of benzene rings is 3. The zero-order chi connectivity index (χ0) is 21.9. The number of sulfonamides is 1. The Morgan fingerprint density at radius 3 is 2.40 bits per heavy atom. The molecule has 0 heterocycles. The molecule has 5 nitrogen and oxygen atoms in total. The topological polar surface area (TPSA) is 66.5 Å². The molecular weight excluding hydrogens is 420 g/mol. The van der Waals surface area contributed by atoms with Gasteiger partial charge in [0.25, 0.3) is 15.9 Å². The van der Waals surface area contributed by atoms with Gasteiger partial charge >= 0.3 is 0 Å². The Morgan fingerprint density at radius 1 is 1.00 bits per heavy atom. The molecule has 3 rings (SSSR count). The number of halogens is 1. The highest BCUT2D eigenvalue weighted by atomic mass is 35.5. The molecule has 3 aromatic carbocycles. The summed E-state index contributed by atoms with van der Waals surface area (Å²) in [6, 6.07) is 19.2. The van der Waals surface area contributed by atoms with Gasteiger partial charge < -0.3 is 4.90 Å². The number of carbonyl (C=O) groups excluding carboxylic acids is 1. The van der Waals surface area contributed by atoms with Crippen molar-refractivity contribution in [1.82, 2.24) is 4.90 Å². The first-order chi connectivity index (χ1) is 14.2. The Labute approximate surface area is 182 Å². The quantitative estimate of drug-likeness (QED) is 0.582. The predicted molar refractivity (Wildman–Crippen MR) is 120 cm³/mol. The minimum absolute atomic E-state index is 0.0510. The molecular formula is C23H23ClN2O3S. The van der Waals surface area contributed by atoms with E-state index in [1.54, 1.807) is 19.2 Å². The second kappa shape index (κ2) is 8.90. The monoisotopic (exact) mass is 442 g/mol. The fraction of sp³-hybridized carbons (Fsp3) is 0.174. The Morgan fingerprint density at radius 2 is 1.70 bits per heavy atom. The summed E-state index contributed by atoms with van der Waals surface area (Å²) in [5, 5.41) is 0.0510. The van der Waals surface area contributed by atoms with E-state index >= 15 is 0 Å². The number of aryl methyl sites for hydroxylation is 1. The SMILES string of the molecule is Cc1cccc(NS(=O)(=O)c2cc(C(=O)N(C)Cc3ccccc3)ccc2Cl)c1C. The van der Waals surface area contributed by atoms with Crippen molar-refractivity contribution in [3.05, 3.63) is 94.0 Å². The maximum absolute atomic E-state index is 13.0. The zero-order valence-corrected chi connectivity index (χ0v) is 18.6. The molecule has 0 aliphatic carbocycles. The highest BCUT2D eigenvalue weighted by Crippen LogP contribution is 2.27. The lowest BCUT2D eigenvalue weighted by molar-refractivity contribution is 0.0785. The van der Waals surface area contributed by atoms with Gasteiger partial charge in [0.15, 0.2) is 0 Å². The summed E-state index contributed by atoms with van der Waals surface area (Å²) in [4.78, 5) is 14.3. The van der Waals surface area contributed by atoms with Crippen LogP contribution in [-0.2, 0) is 16.6 Å². The molecule has 0 unspecified atom stereocenters. The summed E-state index contributed by atoms with van der Waals surface area (Å²) in [5.41, 5.74) is 3.50. The van der Waals surface area contributed by atoms with E-state index in [0.29, 0.717) is 12.2 Å². The van der Waals surface area contributed by atoms with Crippen LogP contribution in [-0.4, -0.2) is 26.3 Å². The van der Waals surface area contributed by atoms with Gasteiger partial charge in [-0.05, 0) is 54.8 Å². The van der Waals surface area contributed by atoms with Crippen molar-refractivity contribution >= 4 is 33.2 Å². The first kappa shape index (κ1) is 21.9. The maximum Gasteiger partial charge on any atom is 0.263 e. The van der Waals surface area contributed by atoms with Crippen molar-refractivity contribution in [2.45, 2.75) is 25.3 Å². The molecule has 0 aliphatic heterocycles. The van der Waals surface area contributed by atoms with Gasteiger partial charge in [0.2, 0.25) is 0 Å². The highest BCUT2D eigenvalue weighted by Gasteiger charge is 2.22. The highest BCUT2D eigenvalue weighted by molar-refractivity contribution is 7.92. The van der Waals surface area contributed by atoms with Gasteiger partial charge in [-0.3, -0.25) is 9.52 Å². The Hall–Kier alpha value is -2.83. The van der Waals surface area contributed by atoms with Crippen molar-refractivity contribution in [3.63, 3.8) is 0 Å². The number of rotatable bonds is 6. The number of anilines is 1. The molecule has 0 spiro atoms. The van der Waals surface area contributed by atoms with Crippen molar-refractivity contribution in [1.29, 1.82) is 0 Å². The molecule has 7 heteroatoms. The normalized spacial score (nSPS) is 11.2. The van der Waals surface area contributed by atoms with Crippen LogP contribution < -0.4 is 4.72 Å². The van der Waals surface area contributed by atoms with Gasteiger partial charge in [-0.1, -0.05) is 54.1 Å². The van der Waals surface area contributed by atoms with Gasteiger partial charge in [-0.25, -0.2) is 8.42 Å². The smallest absolute Gasteiger partial charge is 0.263 e. The molecule has 0 atom stereocenters. The van der Waals surface area contributed by atoms with Crippen molar-refractivity contribution in [3.8, 4) is 0 Å². The van der Waals surface area contributed by atoms with E-state index in [-0.39, 0.29) is 21.4 Å². The predicted octanol–water partition coefficient (Wildman–Crippen LogP) is 5.03. The number of nitrogens with one attached hydrogen (secondary N) is 1. The molecule has 1 N–H and O–H groups in total. The number of amides is 1. The van der Waals surface area contributed by atoms with E-state index in [1.807, 2.05) is 50.2 Å². The number of hydrogen-bond donors (Lipinski definition) is 1. The Bertz CT molecular complexity index is 1180. The number of hydrogen-bond acceptors (Lipinski definition) is 3. The zero-order valence-electron chi connectivity index (χ0n) is 17.0. The molecule has 0 bridgehead atoms. The summed E-state index contributed by atoms with van der Waals surface area (Å²) >= 11 is 6.19. The second-order valence-corrected chi connectivity index (χ2v) is 9.20. The van der Waals surface area contributed by atoms with Crippen LogP contribution in [0.15, 0.2) is 71.6 Å². The number of carbonyl (C=O) groups is 1. The molecule has 0 radical (unpaired) electrons.